The highest BCUT2D eigenvalue weighted by molar-refractivity contribution is 5.76. The number of hydrogen-bond donors (Lipinski definition) is 3. The van der Waals surface area contributed by atoms with Crippen molar-refractivity contribution in [3.63, 3.8) is 0 Å². The van der Waals surface area contributed by atoms with Crippen LogP contribution in [-0.2, 0) is 14.3 Å². The van der Waals surface area contributed by atoms with Gasteiger partial charge in [0.25, 0.3) is 0 Å². The lowest BCUT2D eigenvalue weighted by atomic mass is 10.0. The van der Waals surface area contributed by atoms with Crippen molar-refractivity contribution in [2.24, 2.45) is 0 Å². The van der Waals surface area contributed by atoms with Crippen molar-refractivity contribution in [3.8, 4) is 0 Å². The fraction of sp³-hybridized carbons (Fsp3) is 0.969. The predicted octanol–water partition coefficient (Wildman–Crippen LogP) is 20.3. The summed E-state index contributed by atoms with van der Waals surface area (Å²) in [7, 11) is 0. The molecule has 6 nitrogen and oxygen atoms in total. The number of unbranched alkanes of at least 4 members (excludes halogenated alkanes) is 50. The maximum absolute atomic E-state index is 12.5. The molecule has 0 radical (unpaired) electrons. The molecule has 3 N–H and O–H groups in total. The second-order valence-electron chi connectivity index (χ2n) is 22.5. The van der Waals surface area contributed by atoms with E-state index in [1.54, 1.807) is 0 Å². The maximum Gasteiger partial charge on any atom is 0.305 e. The summed E-state index contributed by atoms with van der Waals surface area (Å²) >= 11 is 0. The second-order valence-corrected chi connectivity index (χ2v) is 22.5. The van der Waals surface area contributed by atoms with E-state index in [4.69, 9.17) is 4.74 Å². The van der Waals surface area contributed by atoms with Crippen molar-refractivity contribution in [2.75, 3.05) is 13.2 Å². The average Bonchev–Trinajstić information content (AvgIpc) is 3.36. The topological polar surface area (TPSA) is 95.9 Å². The Labute approximate surface area is 438 Å². The molecule has 0 aromatic rings. The van der Waals surface area contributed by atoms with E-state index in [1.165, 1.54) is 302 Å². The van der Waals surface area contributed by atoms with E-state index < -0.39 is 12.1 Å². The fourth-order valence-corrected chi connectivity index (χ4v) is 10.5. The number of aliphatic hydroxyl groups excluding tert-OH is 2. The van der Waals surface area contributed by atoms with E-state index in [9.17, 15) is 19.8 Å². The summed E-state index contributed by atoms with van der Waals surface area (Å²) in [6.45, 7) is 4.98. The number of hydrogen-bond acceptors (Lipinski definition) is 5. The van der Waals surface area contributed by atoms with Crippen molar-refractivity contribution in [3.05, 3.63) is 0 Å². The van der Waals surface area contributed by atoms with E-state index in [-0.39, 0.29) is 18.5 Å². The number of aliphatic hydroxyl groups is 2. The Bertz CT molecular complexity index is 1010. The summed E-state index contributed by atoms with van der Waals surface area (Å²) in [4.78, 5) is 24.5. The van der Waals surface area contributed by atoms with Gasteiger partial charge in [-0.25, -0.2) is 0 Å². The second kappa shape index (κ2) is 60.4. The predicted molar refractivity (Wildman–Crippen MR) is 306 cm³/mol. The first-order chi connectivity index (χ1) is 34.5. The van der Waals surface area contributed by atoms with Crippen molar-refractivity contribution >= 4 is 11.9 Å². The molecule has 70 heavy (non-hydrogen) atoms. The zero-order valence-electron chi connectivity index (χ0n) is 47.8. The summed E-state index contributed by atoms with van der Waals surface area (Å²) < 4.78 is 5.49. The van der Waals surface area contributed by atoms with Gasteiger partial charge in [0.2, 0.25) is 5.91 Å². The first kappa shape index (κ1) is 68.9. The van der Waals surface area contributed by atoms with Gasteiger partial charge < -0.3 is 20.3 Å². The summed E-state index contributed by atoms with van der Waals surface area (Å²) in [5.41, 5.74) is 0. The van der Waals surface area contributed by atoms with Crippen molar-refractivity contribution in [1.82, 2.24) is 5.32 Å². The first-order valence-corrected chi connectivity index (χ1v) is 32.3. The first-order valence-electron chi connectivity index (χ1n) is 32.3. The van der Waals surface area contributed by atoms with Gasteiger partial charge in [0.05, 0.1) is 25.4 Å². The number of nitrogens with one attached hydrogen (secondary N) is 1. The Kier molecular flexibility index (Phi) is 59.4. The number of rotatable bonds is 61. The Morgan fingerprint density at radius 1 is 0.343 bits per heavy atom. The van der Waals surface area contributed by atoms with E-state index >= 15 is 0 Å². The van der Waals surface area contributed by atoms with E-state index in [1.807, 2.05) is 0 Å². The highest BCUT2D eigenvalue weighted by atomic mass is 16.5. The number of ether oxygens (including phenoxy) is 1. The van der Waals surface area contributed by atoms with Crippen LogP contribution in [0.4, 0.5) is 0 Å². The molecule has 6 heteroatoms. The highest BCUT2D eigenvalue weighted by Gasteiger charge is 2.20. The van der Waals surface area contributed by atoms with Gasteiger partial charge in [0.1, 0.15) is 0 Å². The van der Waals surface area contributed by atoms with Crippen LogP contribution in [0.25, 0.3) is 0 Å². The summed E-state index contributed by atoms with van der Waals surface area (Å²) in [6, 6.07) is -0.537. The largest absolute Gasteiger partial charge is 0.466 e. The Hall–Kier alpha value is -1.14. The van der Waals surface area contributed by atoms with Crippen LogP contribution in [0.1, 0.15) is 373 Å². The Morgan fingerprint density at radius 2 is 0.586 bits per heavy atom. The third-order valence-corrected chi connectivity index (χ3v) is 15.4. The van der Waals surface area contributed by atoms with Crippen LogP contribution < -0.4 is 5.32 Å². The Morgan fingerprint density at radius 3 is 0.871 bits per heavy atom. The normalized spacial score (nSPS) is 12.5. The van der Waals surface area contributed by atoms with Crippen LogP contribution in [0.5, 0.6) is 0 Å². The maximum atomic E-state index is 12.5. The zero-order chi connectivity index (χ0) is 50.7. The number of carbonyl (C=O) groups is 2. The summed E-state index contributed by atoms with van der Waals surface area (Å²) in [5.74, 6) is -0.00911. The van der Waals surface area contributed by atoms with Gasteiger partial charge in [0.15, 0.2) is 0 Å². The molecule has 2 atom stereocenters. The van der Waals surface area contributed by atoms with Gasteiger partial charge >= 0.3 is 5.97 Å². The third-order valence-electron chi connectivity index (χ3n) is 15.4. The molecular formula is C64H127NO5. The minimum absolute atomic E-state index is 0.0212. The smallest absolute Gasteiger partial charge is 0.305 e. The van der Waals surface area contributed by atoms with Crippen LogP contribution in [0.3, 0.4) is 0 Å². The monoisotopic (exact) mass is 990 g/mol. The lowest BCUT2D eigenvalue weighted by Gasteiger charge is -2.22. The quantitative estimate of drug-likeness (QED) is 0.0417. The molecule has 0 aliphatic rings. The van der Waals surface area contributed by atoms with Crippen LogP contribution in [0.2, 0.25) is 0 Å². The molecule has 0 fully saturated rings. The molecule has 0 saturated carbocycles. The molecule has 0 aromatic heterocycles. The molecule has 0 heterocycles. The molecule has 2 unspecified atom stereocenters. The number of esters is 1. The molecule has 418 valence electrons. The van der Waals surface area contributed by atoms with Gasteiger partial charge in [0, 0.05) is 12.8 Å². The fourth-order valence-electron chi connectivity index (χ4n) is 10.5. The molecule has 0 aliphatic heterocycles. The van der Waals surface area contributed by atoms with Crippen LogP contribution in [0, 0.1) is 0 Å². The average molecular weight is 991 g/mol. The lowest BCUT2D eigenvalue weighted by molar-refractivity contribution is -0.143. The van der Waals surface area contributed by atoms with Crippen LogP contribution in [0.15, 0.2) is 0 Å². The van der Waals surface area contributed by atoms with Gasteiger partial charge in [-0.2, -0.15) is 0 Å². The molecular weight excluding hydrogens is 863 g/mol. The standard InChI is InChI=1S/C64H127NO5/c1-3-5-7-9-11-13-15-17-34-38-42-46-50-54-58-64(69)70-59-55-51-47-43-39-35-32-30-28-26-24-22-20-18-19-21-23-25-27-29-31-33-37-41-45-49-53-57-63(68)65-61(60-66)62(67)56-52-48-44-40-36-16-14-12-10-8-6-4-2/h61-62,66-67H,3-60H2,1-2H3,(H,65,68). The van der Waals surface area contributed by atoms with Crippen molar-refractivity contribution in [2.45, 2.75) is 386 Å². The molecule has 0 rings (SSSR count). The molecule has 0 bridgehead atoms. The molecule has 0 aromatic carbocycles. The molecule has 0 aliphatic carbocycles. The molecule has 0 spiro atoms. The SMILES string of the molecule is CCCCCCCCCCCCCCCCC(=O)OCCCCCCCCCCCCCCCCCCCCCCCCCCCCCC(=O)NC(CO)C(O)CCCCCCCCCCCCCC. The zero-order valence-corrected chi connectivity index (χ0v) is 47.8. The number of carbonyl (C=O) groups excluding carboxylic acids is 2. The lowest BCUT2D eigenvalue weighted by Crippen LogP contribution is -2.45. The van der Waals surface area contributed by atoms with Gasteiger partial charge in [-0.05, 0) is 25.7 Å². The van der Waals surface area contributed by atoms with Crippen LogP contribution in [-0.4, -0.2) is 47.4 Å². The summed E-state index contributed by atoms with van der Waals surface area (Å²) in [5, 5.41) is 23.2. The third kappa shape index (κ3) is 56.2. The highest BCUT2D eigenvalue weighted by Crippen LogP contribution is 2.19. The van der Waals surface area contributed by atoms with Gasteiger partial charge in [-0.1, -0.05) is 335 Å². The van der Waals surface area contributed by atoms with E-state index in [0.29, 0.717) is 25.9 Å². The minimum atomic E-state index is -0.660. The van der Waals surface area contributed by atoms with E-state index in [2.05, 4.69) is 19.2 Å². The van der Waals surface area contributed by atoms with Gasteiger partial charge in [-0.3, -0.25) is 9.59 Å². The summed E-state index contributed by atoms with van der Waals surface area (Å²) in [6.07, 6.45) is 71.3. The van der Waals surface area contributed by atoms with Crippen molar-refractivity contribution < 1.29 is 24.5 Å². The Balaban J connectivity index is 3.31. The van der Waals surface area contributed by atoms with Gasteiger partial charge in [-0.15, -0.1) is 0 Å². The molecule has 0 saturated heterocycles. The number of amides is 1. The van der Waals surface area contributed by atoms with E-state index in [0.717, 1.165) is 38.5 Å². The van der Waals surface area contributed by atoms with Crippen molar-refractivity contribution in [1.29, 1.82) is 0 Å². The minimum Gasteiger partial charge on any atom is -0.466 e. The van der Waals surface area contributed by atoms with Crippen LogP contribution >= 0.6 is 0 Å². The molecule has 1 amide bonds.